The second-order valence-electron chi connectivity index (χ2n) is 6.36. The largest absolute Gasteiger partial charge is 0.439 e. The van der Waals surface area contributed by atoms with E-state index < -0.39 is 5.60 Å². The third kappa shape index (κ3) is 2.32. The molecule has 1 spiro atoms. The van der Waals surface area contributed by atoms with Gasteiger partial charge in [0.1, 0.15) is 5.82 Å². The van der Waals surface area contributed by atoms with Gasteiger partial charge in [-0.25, -0.2) is 19.1 Å². The number of likely N-dealkylation sites (tertiary alicyclic amines) is 1. The summed E-state index contributed by atoms with van der Waals surface area (Å²) in [4.78, 5) is 31.7. The number of rotatable bonds is 1. The Morgan fingerprint density at radius 3 is 3.00 bits per heavy atom. The highest BCUT2D eigenvalue weighted by Gasteiger charge is 2.49. The van der Waals surface area contributed by atoms with Gasteiger partial charge in [0.25, 0.3) is 0 Å². The molecule has 2 aromatic rings. The third-order valence-corrected chi connectivity index (χ3v) is 4.45. The van der Waals surface area contributed by atoms with E-state index in [2.05, 4.69) is 15.4 Å². The summed E-state index contributed by atoms with van der Waals surface area (Å²) in [5.41, 5.74) is 0.620. The molecule has 0 bridgehead atoms. The number of carbonyl (C=O) groups excluding carboxylic acids is 2. The highest BCUT2D eigenvalue weighted by Crippen LogP contribution is 2.32. The van der Waals surface area contributed by atoms with Gasteiger partial charge in [0.2, 0.25) is 0 Å². The van der Waals surface area contributed by atoms with Gasteiger partial charge >= 0.3 is 12.1 Å². The van der Waals surface area contributed by atoms with Gasteiger partial charge in [-0.15, -0.1) is 0 Å². The molecule has 24 heavy (non-hydrogen) atoms. The average Bonchev–Trinajstić information content (AvgIpc) is 3.18. The first-order valence-electron chi connectivity index (χ1n) is 7.78. The lowest BCUT2D eigenvalue weighted by Crippen LogP contribution is -2.40. The number of aryl methyl sites for hydroxylation is 1. The van der Waals surface area contributed by atoms with Crippen LogP contribution in [0.5, 0.6) is 0 Å². The van der Waals surface area contributed by atoms with Crippen LogP contribution in [0.15, 0.2) is 18.3 Å². The maximum Gasteiger partial charge on any atom is 0.410 e. The molecular formula is C15H18N6O3. The Balaban J connectivity index is 1.50. The van der Waals surface area contributed by atoms with Crippen LogP contribution in [-0.2, 0) is 4.74 Å². The molecule has 9 nitrogen and oxygen atoms in total. The molecule has 4 rings (SSSR count). The minimum atomic E-state index is -0.583. The van der Waals surface area contributed by atoms with Gasteiger partial charge in [0, 0.05) is 26.2 Å². The molecule has 2 fully saturated rings. The van der Waals surface area contributed by atoms with E-state index in [0.717, 1.165) is 0 Å². The minimum absolute atomic E-state index is 0.230. The van der Waals surface area contributed by atoms with Crippen LogP contribution in [0.3, 0.4) is 0 Å². The zero-order valence-corrected chi connectivity index (χ0v) is 13.5. The minimum Gasteiger partial charge on any atom is -0.439 e. The Kier molecular flexibility index (Phi) is 3.12. The van der Waals surface area contributed by atoms with E-state index in [9.17, 15) is 9.59 Å². The summed E-state index contributed by atoms with van der Waals surface area (Å²) >= 11 is 0. The topological polar surface area (TPSA) is 92.1 Å². The van der Waals surface area contributed by atoms with Crippen LogP contribution in [0, 0.1) is 6.92 Å². The molecule has 1 N–H and O–H groups in total. The summed E-state index contributed by atoms with van der Waals surface area (Å²) in [5.74, 6) is 0.637. The van der Waals surface area contributed by atoms with Crippen LogP contribution < -0.4 is 5.32 Å². The molecular weight excluding hydrogens is 312 g/mol. The molecule has 3 amide bonds. The van der Waals surface area contributed by atoms with E-state index in [1.165, 1.54) is 0 Å². The summed E-state index contributed by atoms with van der Waals surface area (Å²) in [6, 6.07) is 3.36. The fraction of sp³-hybridized carbons (Fsp3) is 0.467. The van der Waals surface area contributed by atoms with Crippen LogP contribution in [-0.4, -0.2) is 68.8 Å². The van der Waals surface area contributed by atoms with Gasteiger partial charge < -0.3 is 19.9 Å². The van der Waals surface area contributed by atoms with Crippen molar-refractivity contribution in [3.8, 4) is 0 Å². The summed E-state index contributed by atoms with van der Waals surface area (Å²) < 4.78 is 7.09. The first-order chi connectivity index (χ1) is 11.5. The number of hydrogen-bond acceptors (Lipinski definition) is 5. The third-order valence-electron chi connectivity index (χ3n) is 4.45. The fourth-order valence-corrected chi connectivity index (χ4v) is 3.33. The van der Waals surface area contributed by atoms with Crippen molar-refractivity contribution in [3.05, 3.63) is 24.2 Å². The van der Waals surface area contributed by atoms with Crippen molar-refractivity contribution in [1.29, 1.82) is 0 Å². The lowest BCUT2D eigenvalue weighted by molar-refractivity contribution is 0.0663. The molecule has 0 unspecified atom stereocenters. The van der Waals surface area contributed by atoms with Crippen molar-refractivity contribution in [3.63, 3.8) is 0 Å². The Morgan fingerprint density at radius 2 is 2.25 bits per heavy atom. The molecule has 2 saturated heterocycles. The lowest BCUT2D eigenvalue weighted by atomic mass is 10.0. The number of pyridine rings is 1. The monoisotopic (exact) mass is 330 g/mol. The molecule has 0 radical (unpaired) electrons. The average molecular weight is 330 g/mol. The van der Waals surface area contributed by atoms with E-state index in [-0.39, 0.29) is 12.1 Å². The summed E-state index contributed by atoms with van der Waals surface area (Å²) in [7, 11) is 1.70. The van der Waals surface area contributed by atoms with E-state index in [1.54, 1.807) is 46.6 Å². The van der Waals surface area contributed by atoms with Gasteiger partial charge in [0.15, 0.2) is 11.2 Å². The first kappa shape index (κ1) is 14.7. The standard InChI is InChI=1S/C15H18N6O3/c1-10-16-12-11(4-3-6-21(12)18-10)17-13(22)20-7-5-15(9-20)8-19(2)14(23)24-15/h3-4,6H,5,7-9H2,1-2H3,(H,17,22)/t15-/m1/s1. The lowest BCUT2D eigenvalue weighted by Gasteiger charge is -2.22. The Bertz CT molecular complexity index is 834. The van der Waals surface area contributed by atoms with Crippen LogP contribution in [0.1, 0.15) is 12.2 Å². The molecule has 126 valence electrons. The number of anilines is 1. The van der Waals surface area contributed by atoms with Crippen LogP contribution in [0.2, 0.25) is 0 Å². The van der Waals surface area contributed by atoms with Crippen molar-refractivity contribution < 1.29 is 14.3 Å². The summed E-state index contributed by atoms with van der Waals surface area (Å²) in [6.45, 7) is 3.24. The Hall–Kier alpha value is -2.84. The SMILES string of the molecule is Cc1nc2c(NC(=O)N3CC[C@@]4(CN(C)C(=O)O4)C3)cccn2n1. The zero-order valence-electron chi connectivity index (χ0n) is 13.5. The summed E-state index contributed by atoms with van der Waals surface area (Å²) in [5, 5.41) is 7.11. The number of carbonyl (C=O) groups is 2. The molecule has 1 atom stereocenters. The number of nitrogens with one attached hydrogen (secondary N) is 1. The molecule has 2 aromatic heterocycles. The van der Waals surface area contributed by atoms with Crippen molar-refractivity contribution in [2.45, 2.75) is 18.9 Å². The van der Waals surface area contributed by atoms with E-state index in [1.807, 2.05) is 0 Å². The van der Waals surface area contributed by atoms with Gasteiger partial charge in [-0.3, -0.25) is 0 Å². The van der Waals surface area contributed by atoms with E-state index >= 15 is 0 Å². The molecule has 2 aliphatic rings. The molecule has 9 heteroatoms. The van der Waals surface area contributed by atoms with Crippen molar-refractivity contribution in [2.75, 3.05) is 32.0 Å². The smallest absolute Gasteiger partial charge is 0.410 e. The molecule has 2 aliphatic heterocycles. The number of aromatic nitrogens is 3. The zero-order chi connectivity index (χ0) is 16.9. The van der Waals surface area contributed by atoms with Gasteiger partial charge in [-0.1, -0.05) is 0 Å². The number of ether oxygens (including phenoxy) is 1. The molecule has 0 aromatic carbocycles. The normalized spacial score (nSPS) is 23.3. The first-order valence-corrected chi connectivity index (χ1v) is 7.78. The van der Waals surface area contributed by atoms with Gasteiger partial charge in [-0.05, 0) is 19.1 Å². The number of urea groups is 1. The Morgan fingerprint density at radius 1 is 1.42 bits per heavy atom. The van der Waals surface area contributed by atoms with Gasteiger partial charge in [-0.2, -0.15) is 5.10 Å². The van der Waals surface area contributed by atoms with E-state index in [4.69, 9.17) is 4.74 Å². The predicted octanol–water partition coefficient (Wildman–Crippen LogP) is 1.10. The highest BCUT2D eigenvalue weighted by atomic mass is 16.6. The second kappa shape index (κ2) is 5.08. The highest BCUT2D eigenvalue weighted by molar-refractivity contribution is 5.93. The van der Waals surface area contributed by atoms with Crippen molar-refractivity contribution in [1.82, 2.24) is 24.4 Å². The number of hydrogen-bond donors (Lipinski definition) is 1. The molecule has 4 heterocycles. The predicted molar refractivity (Wildman–Crippen MR) is 84.8 cm³/mol. The molecule has 0 saturated carbocycles. The van der Waals surface area contributed by atoms with Crippen molar-refractivity contribution >= 4 is 23.5 Å². The second-order valence-corrected chi connectivity index (χ2v) is 6.36. The maximum atomic E-state index is 12.6. The number of nitrogens with zero attached hydrogens (tertiary/aromatic N) is 5. The fourth-order valence-electron chi connectivity index (χ4n) is 3.33. The van der Waals surface area contributed by atoms with Crippen LogP contribution in [0.4, 0.5) is 15.3 Å². The maximum absolute atomic E-state index is 12.6. The quantitative estimate of drug-likeness (QED) is 0.845. The van der Waals surface area contributed by atoms with Crippen molar-refractivity contribution in [2.24, 2.45) is 0 Å². The van der Waals surface area contributed by atoms with Gasteiger partial charge in [0.05, 0.1) is 18.8 Å². The summed E-state index contributed by atoms with van der Waals surface area (Å²) in [6.07, 6.45) is 2.09. The van der Waals surface area contributed by atoms with E-state index in [0.29, 0.717) is 43.2 Å². The molecule has 0 aliphatic carbocycles. The van der Waals surface area contributed by atoms with Crippen LogP contribution in [0.25, 0.3) is 5.65 Å². The number of amides is 3. The number of fused-ring (bicyclic) bond motifs is 1. The van der Waals surface area contributed by atoms with Crippen LogP contribution >= 0.6 is 0 Å². The Labute approximate surface area is 138 Å². The number of likely N-dealkylation sites (N-methyl/N-ethyl adjacent to an activating group) is 1.